The average Bonchev–Trinajstić information content (AvgIpc) is 2.76. The summed E-state index contributed by atoms with van der Waals surface area (Å²) in [6.07, 6.45) is 1.09. The maximum absolute atomic E-state index is 11.3. The molecule has 0 spiro atoms. The number of rotatable bonds is 5. The molecule has 0 fully saturated rings. The van der Waals surface area contributed by atoms with Gasteiger partial charge in [0.05, 0.1) is 5.75 Å². The van der Waals surface area contributed by atoms with Crippen LogP contribution >= 0.6 is 11.3 Å². The lowest BCUT2D eigenvalue weighted by molar-refractivity contribution is 0.260. The number of nitrogens with zero attached hydrogens (tertiary/aromatic N) is 1. The van der Waals surface area contributed by atoms with Crippen molar-refractivity contribution in [2.24, 2.45) is 0 Å². The summed E-state index contributed by atoms with van der Waals surface area (Å²) in [5, 5.41) is 2.13. The summed E-state index contributed by atoms with van der Waals surface area (Å²) in [5.41, 5.74) is 1.40. The van der Waals surface area contributed by atoms with Crippen molar-refractivity contribution in [1.29, 1.82) is 0 Å². The maximum atomic E-state index is 11.3. The fourth-order valence-corrected chi connectivity index (χ4v) is 3.46. The molecule has 1 aliphatic heterocycles. The highest BCUT2D eigenvalue weighted by Gasteiger charge is 2.17. The largest absolute Gasteiger partial charge is 0.297 e. The van der Waals surface area contributed by atoms with Crippen molar-refractivity contribution in [2.75, 3.05) is 25.4 Å². The molecule has 96 valence electrons. The van der Waals surface area contributed by atoms with Gasteiger partial charge in [0.15, 0.2) is 0 Å². The van der Waals surface area contributed by atoms with Crippen molar-refractivity contribution in [2.45, 2.75) is 19.9 Å². The van der Waals surface area contributed by atoms with Gasteiger partial charge in [0, 0.05) is 31.1 Å². The zero-order valence-electron chi connectivity index (χ0n) is 9.98. The Morgan fingerprint density at radius 1 is 1.53 bits per heavy atom. The van der Waals surface area contributed by atoms with E-state index in [9.17, 15) is 8.42 Å². The zero-order chi connectivity index (χ0) is 12.3. The van der Waals surface area contributed by atoms with Gasteiger partial charge in [0.1, 0.15) is 0 Å². The number of nitrogens with one attached hydrogen (secondary N) is 1. The molecular formula is C11H18N2O2S2. The summed E-state index contributed by atoms with van der Waals surface area (Å²) < 4.78 is 25.1. The number of thiophene rings is 1. The van der Waals surface area contributed by atoms with Crippen molar-refractivity contribution in [3.8, 4) is 0 Å². The second-order valence-electron chi connectivity index (χ2n) is 4.19. The van der Waals surface area contributed by atoms with Crippen LogP contribution in [0.15, 0.2) is 11.4 Å². The lowest BCUT2D eigenvalue weighted by Gasteiger charge is -2.26. The van der Waals surface area contributed by atoms with E-state index in [2.05, 4.69) is 21.1 Å². The van der Waals surface area contributed by atoms with E-state index in [1.807, 2.05) is 11.3 Å². The fourth-order valence-electron chi connectivity index (χ4n) is 1.96. The molecule has 1 aliphatic rings. The van der Waals surface area contributed by atoms with E-state index in [-0.39, 0.29) is 5.75 Å². The third-order valence-electron chi connectivity index (χ3n) is 3.02. The van der Waals surface area contributed by atoms with Crippen LogP contribution in [0.4, 0.5) is 0 Å². The molecule has 0 saturated heterocycles. The Kier molecular flexibility index (Phi) is 4.19. The summed E-state index contributed by atoms with van der Waals surface area (Å²) in [6, 6.07) is 2.17. The number of hydrogen-bond donors (Lipinski definition) is 1. The van der Waals surface area contributed by atoms with Crippen LogP contribution in [0, 0.1) is 0 Å². The predicted molar refractivity (Wildman–Crippen MR) is 70.8 cm³/mol. The Morgan fingerprint density at radius 3 is 3.12 bits per heavy atom. The Balaban J connectivity index is 1.79. The van der Waals surface area contributed by atoms with E-state index in [0.717, 1.165) is 26.1 Å². The first kappa shape index (κ1) is 13.0. The van der Waals surface area contributed by atoms with Crippen LogP contribution in [0.3, 0.4) is 0 Å². The molecule has 0 radical (unpaired) electrons. The molecule has 0 amide bonds. The highest BCUT2D eigenvalue weighted by atomic mass is 32.2. The molecule has 0 atom stereocenters. The van der Waals surface area contributed by atoms with E-state index in [1.54, 1.807) is 6.92 Å². The van der Waals surface area contributed by atoms with E-state index in [0.29, 0.717) is 6.54 Å². The summed E-state index contributed by atoms with van der Waals surface area (Å²) in [5.74, 6) is 0.154. The normalized spacial score (nSPS) is 17.0. The van der Waals surface area contributed by atoms with Gasteiger partial charge in [-0.15, -0.1) is 11.3 Å². The number of fused-ring (bicyclic) bond motifs is 1. The molecule has 0 bridgehead atoms. The Bertz CT molecular complexity index is 468. The van der Waals surface area contributed by atoms with Gasteiger partial charge in [-0.3, -0.25) is 4.90 Å². The molecule has 0 saturated carbocycles. The molecule has 17 heavy (non-hydrogen) atoms. The predicted octanol–water partition coefficient (Wildman–Crippen LogP) is 1.05. The standard InChI is InChI=1S/C11H18N2O2S2/c1-2-17(14,15)12-5-7-13-6-3-11-10(9-13)4-8-16-11/h4,8,12H,2-3,5-7,9H2,1H3. The number of sulfonamides is 1. The van der Waals surface area contributed by atoms with E-state index in [4.69, 9.17) is 0 Å². The molecule has 1 aromatic heterocycles. The molecule has 2 heterocycles. The van der Waals surface area contributed by atoms with Crippen LogP contribution < -0.4 is 4.72 Å². The van der Waals surface area contributed by atoms with Crippen LogP contribution in [-0.2, 0) is 23.0 Å². The molecular weight excluding hydrogens is 256 g/mol. The van der Waals surface area contributed by atoms with Crippen molar-refractivity contribution < 1.29 is 8.42 Å². The van der Waals surface area contributed by atoms with Gasteiger partial charge in [-0.1, -0.05) is 0 Å². The SMILES string of the molecule is CCS(=O)(=O)NCCN1CCc2sccc2C1. The van der Waals surface area contributed by atoms with Gasteiger partial charge < -0.3 is 0 Å². The summed E-state index contributed by atoms with van der Waals surface area (Å²) in [7, 11) is -3.04. The van der Waals surface area contributed by atoms with Crippen molar-refractivity contribution in [3.05, 3.63) is 21.9 Å². The van der Waals surface area contributed by atoms with Crippen LogP contribution in [-0.4, -0.2) is 38.7 Å². The lowest BCUT2D eigenvalue weighted by atomic mass is 10.1. The quantitative estimate of drug-likeness (QED) is 0.873. The van der Waals surface area contributed by atoms with Gasteiger partial charge in [-0.2, -0.15) is 0 Å². The van der Waals surface area contributed by atoms with Gasteiger partial charge in [-0.05, 0) is 30.4 Å². The van der Waals surface area contributed by atoms with Crippen molar-refractivity contribution in [3.63, 3.8) is 0 Å². The number of hydrogen-bond acceptors (Lipinski definition) is 4. The molecule has 2 rings (SSSR count). The van der Waals surface area contributed by atoms with Crippen LogP contribution in [0.1, 0.15) is 17.4 Å². The molecule has 0 aliphatic carbocycles. The molecule has 1 N–H and O–H groups in total. The average molecular weight is 274 g/mol. The molecule has 1 aromatic rings. The minimum Gasteiger partial charge on any atom is -0.297 e. The van der Waals surface area contributed by atoms with Crippen LogP contribution in [0.5, 0.6) is 0 Å². The zero-order valence-corrected chi connectivity index (χ0v) is 11.6. The highest BCUT2D eigenvalue weighted by Crippen LogP contribution is 2.23. The maximum Gasteiger partial charge on any atom is 0.211 e. The first-order valence-corrected chi connectivity index (χ1v) is 8.39. The first-order valence-electron chi connectivity index (χ1n) is 5.85. The summed E-state index contributed by atoms with van der Waals surface area (Å²) in [4.78, 5) is 3.78. The van der Waals surface area contributed by atoms with Crippen LogP contribution in [0.2, 0.25) is 0 Å². The molecule has 6 heteroatoms. The van der Waals surface area contributed by atoms with Crippen molar-refractivity contribution >= 4 is 21.4 Å². The molecule has 4 nitrogen and oxygen atoms in total. The van der Waals surface area contributed by atoms with Crippen LogP contribution in [0.25, 0.3) is 0 Å². The minimum atomic E-state index is -3.04. The van der Waals surface area contributed by atoms with E-state index in [1.165, 1.54) is 10.4 Å². The topological polar surface area (TPSA) is 49.4 Å². The Morgan fingerprint density at radius 2 is 2.35 bits per heavy atom. The minimum absolute atomic E-state index is 0.154. The molecule has 0 unspecified atom stereocenters. The first-order chi connectivity index (χ1) is 8.11. The van der Waals surface area contributed by atoms with Crippen molar-refractivity contribution in [1.82, 2.24) is 9.62 Å². The van der Waals surface area contributed by atoms with Gasteiger partial charge in [-0.25, -0.2) is 13.1 Å². The third kappa shape index (κ3) is 3.51. The Labute approximate surface area is 107 Å². The van der Waals surface area contributed by atoms with Gasteiger partial charge in [0.2, 0.25) is 10.0 Å². The Hall–Kier alpha value is -0.430. The summed E-state index contributed by atoms with van der Waals surface area (Å²) in [6.45, 7) is 4.93. The lowest BCUT2D eigenvalue weighted by Crippen LogP contribution is -2.37. The molecule has 0 aromatic carbocycles. The monoisotopic (exact) mass is 274 g/mol. The fraction of sp³-hybridized carbons (Fsp3) is 0.636. The second kappa shape index (κ2) is 5.48. The summed E-state index contributed by atoms with van der Waals surface area (Å²) >= 11 is 1.82. The highest BCUT2D eigenvalue weighted by molar-refractivity contribution is 7.89. The van der Waals surface area contributed by atoms with Gasteiger partial charge >= 0.3 is 0 Å². The van der Waals surface area contributed by atoms with Gasteiger partial charge in [0.25, 0.3) is 0 Å². The smallest absolute Gasteiger partial charge is 0.211 e. The third-order valence-corrected chi connectivity index (χ3v) is 5.44. The second-order valence-corrected chi connectivity index (χ2v) is 7.29. The van der Waals surface area contributed by atoms with E-state index < -0.39 is 10.0 Å². The van der Waals surface area contributed by atoms with E-state index >= 15 is 0 Å².